The highest BCUT2D eigenvalue weighted by Gasteiger charge is 2.53. The molecular weight excluding hydrogens is 1490 g/mol. The Balaban J connectivity index is 0.000000113. The van der Waals surface area contributed by atoms with E-state index in [2.05, 4.69) is 70.1 Å². The van der Waals surface area contributed by atoms with Crippen LogP contribution in [-0.2, 0) is 0 Å². The van der Waals surface area contributed by atoms with Gasteiger partial charge in [-0.1, -0.05) is 47.7 Å². The van der Waals surface area contributed by atoms with Gasteiger partial charge >= 0.3 is 0 Å². The van der Waals surface area contributed by atoms with Gasteiger partial charge in [-0.25, -0.2) is 59.5 Å². The van der Waals surface area contributed by atoms with Crippen LogP contribution in [0, 0.1) is 58.3 Å². The number of piperidine rings is 4. The van der Waals surface area contributed by atoms with E-state index in [-0.39, 0.29) is 72.2 Å². The van der Waals surface area contributed by atoms with Crippen LogP contribution in [0.4, 0.5) is 0 Å². The summed E-state index contributed by atoms with van der Waals surface area (Å²) in [6, 6.07) is 39.5. The molecule has 4 aliphatic heterocycles. The average Bonchev–Trinajstić information content (AvgIpc) is 1.62. The maximum Gasteiger partial charge on any atom is 0.275 e. The van der Waals surface area contributed by atoms with Crippen LogP contribution in [0.25, 0.3) is 39.9 Å². The summed E-state index contributed by atoms with van der Waals surface area (Å²) in [4.78, 5) is 114. The van der Waals surface area contributed by atoms with Crippen LogP contribution in [-0.4, -0.2) is 200 Å². The van der Waals surface area contributed by atoms with Crippen molar-refractivity contribution in [1.29, 1.82) is 0 Å². The SMILES string of the molecule is COc1ccc(C(=O)N2CC3CC(Oc4ccc(C)cn4)C2C3)c(-c2ncccn2)c1.Cc1ccc(OC2CC3CC2N(C(=O)c2ccccc2-c2ncccn2)C3)nc1.Cc1ccc(OC2CC3CC2N(C(=O)c2ncc(C)cc2-n2ccnn2)C3)nc1.Cc1ccc(OC2CC3CC2N(C(=O)c2ncccc2-c2ncccn2)C3)nc1. The van der Waals surface area contributed by atoms with E-state index in [1.807, 2.05) is 151 Å². The average molecular weight is 1580 g/mol. The minimum absolute atomic E-state index is 0.0192. The largest absolute Gasteiger partial charge is 0.497 e. The molecule has 8 bridgehead atoms. The van der Waals surface area contributed by atoms with Crippen LogP contribution >= 0.6 is 0 Å². The van der Waals surface area contributed by atoms with Crippen molar-refractivity contribution in [3.63, 3.8) is 0 Å². The van der Waals surface area contributed by atoms with Gasteiger partial charge in [-0.15, -0.1) is 5.10 Å². The molecule has 8 fully saturated rings. The molecule has 12 unspecified atom stereocenters. The van der Waals surface area contributed by atoms with E-state index in [1.165, 1.54) is 0 Å². The van der Waals surface area contributed by atoms with E-state index in [4.69, 9.17) is 23.7 Å². The van der Waals surface area contributed by atoms with Crippen molar-refractivity contribution in [1.82, 2.24) is 94.4 Å². The fourth-order valence-electron chi connectivity index (χ4n) is 17.8. The Kier molecular flexibility index (Phi) is 22.4. The molecule has 118 heavy (non-hydrogen) atoms. The number of likely N-dealkylation sites (tertiary alicyclic amines) is 4. The summed E-state index contributed by atoms with van der Waals surface area (Å²) in [5.41, 5.74) is 10.1. The maximum atomic E-state index is 13.6. The van der Waals surface area contributed by atoms with E-state index in [0.717, 1.165) is 111 Å². The van der Waals surface area contributed by atoms with Crippen LogP contribution < -0.4 is 23.7 Å². The Labute approximate surface area is 682 Å². The summed E-state index contributed by atoms with van der Waals surface area (Å²) >= 11 is 0. The first-order chi connectivity index (χ1) is 57.6. The first kappa shape index (κ1) is 77.2. The second-order valence-electron chi connectivity index (χ2n) is 31.6. The molecule has 598 valence electrons. The van der Waals surface area contributed by atoms with Gasteiger partial charge in [-0.05, 0) is 198 Å². The number of amides is 4. The van der Waals surface area contributed by atoms with Gasteiger partial charge < -0.3 is 43.3 Å². The van der Waals surface area contributed by atoms with Crippen molar-refractivity contribution in [3.8, 4) is 69.1 Å². The number of rotatable bonds is 17. The minimum Gasteiger partial charge on any atom is -0.497 e. The predicted molar refractivity (Wildman–Crippen MR) is 434 cm³/mol. The lowest BCUT2D eigenvalue weighted by Gasteiger charge is -2.33. The second-order valence-corrected chi connectivity index (χ2v) is 31.6. The molecule has 8 aliphatic rings. The van der Waals surface area contributed by atoms with Crippen molar-refractivity contribution >= 4 is 23.6 Å². The minimum atomic E-state index is -0.0919. The number of hydrogen-bond acceptors (Lipinski definition) is 23. The first-order valence-electron chi connectivity index (χ1n) is 40.1. The van der Waals surface area contributed by atoms with Crippen LogP contribution in [0.1, 0.15) is 121 Å². The fourth-order valence-corrected chi connectivity index (χ4v) is 17.8. The molecule has 4 aliphatic carbocycles. The van der Waals surface area contributed by atoms with Gasteiger partial charge in [0.15, 0.2) is 23.2 Å². The quantitative estimate of drug-likeness (QED) is 0.0817. The van der Waals surface area contributed by atoms with Crippen molar-refractivity contribution in [2.24, 2.45) is 23.7 Å². The van der Waals surface area contributed by atoms with Crippen molar-refractivity contribution in [3.05, 3.63) is 264 Å². The van der Waals surface area contributed by atoms with Crippen LogP contribution in [0.15, 0.2) is 214 Å². The number of aromatic nitrogens is 15. The smallest absolute Gasteiger partial charge is 0.275 e. The zero-order valence-corrected chi connectivity index (χ0v) is 66.3. The number of fused-ring (bicyclic) bond motifs is 8. The fraction of sp³-hybridized carbons (Fsp3) is 0.333. The first-order valence-corrected chi connectivity index (χ1v) is 40.1. The number of carbonyl (C=O) groups is 4. The highest BCUT2D eigenvalue weighted by atomic mass is 16.5. The molecule has 12 aromatic rings. The molecule has 4 saturated carbocycles. The van der Waals surface area contributed by atoms with Crippen molar-refractivity contribution in [2.75, 3.05) is 33.3 Å². The number of benzene rings is 2. The Morgan fingerprint density at radius 1 is 0.339 bits per heavy atom. The summed E-state index contributed by atoms with van der Waals surface area (Å²) in [6.07, 6.45) is 31.4. The molecule has 2 aromatic carbocycles. The normalized spacial score (nSPS) is 22.5. The van der Waals surface area contributed by atoms with Gasteiger partial charge in [-0.2, -0.15) is 0 Å². The third-order valence-corrected chi connectivity index (χ3v) is 23.3. The molecule has 4 amide bonds. The Bertz CT molecular complexity index is 5370. The molecular formula is C90H89N19O9. The second kappa shape index (κ2) is 34.2. The van der Waals surface area contributed by atoms with Crippen LogP contribution in [0.5, 0.6) is 29.3 Å². The topological polar surface area (TPSA) is 313 Å². The summed E-state index contributed by atoms with van der Waals surface area (Å²) in [7, 11) is 1.60. The number of methoxy groups -OCH3 is 1. The molecule has 0 radical (unpaired) electrons. The number of aryl methyl sites for hydroxylation is 5. The summed E-state index contributed by atoms with van der Waals surface area (Å²) < 4.78 is 31.6. The van der Waals surface area contributed by atoms with Gasteiger partial charge in [0.05, 0.1) is 66.0 Å². The van der Waals surface area contributed by atoms with E-state index in [0.29, 0.717) is 110 Å². The summed E-state index contributed by atoms with van der Waals surface area (Å²) in [5, 5.41) is 7.91. The van der Waals surface area contributed by atoms with E-state index in [1.54, 1.807) is 129 Å². The zero-order valence-electron chi connectivity index (χ0n) is 66.3. The molecule has 4 saturated heterocycles. The number of hydrogen-bond donors (Lipinski definition) is 0. The van der Waals surface area contributed by atoms with Gasteiger partial charge in [-0.3, -0.25) is 24.2 Å². The molecule has 12 atom stereocenters. The number of carbonyl (C=O) groups excluding carboxylic acids is 4. The van der Waals surface area contributed by atoms with Crippen molar-refractivity contribution in [2.45, 2.75) is 135 Å². The van der Waals surface area contributed by atoms with Gasteiger partial charge in [0.25, 0.3) is 23.6 Å². The zero-order chi connectivity index (χ0) is 80.9. The molecule has 0 spiro atoms. The Hall–Kier alpha value is -13.4. The lowest BCUT2D eigenvalue weighted by atomic mass is 10.0. The third-order valence-electron chi connectivity index (χ3n) is 23.3. The Morgan fingerprint density at radius 3 is 1.13 bits per heavy atom. The Morgan fingerprint density at radius 2 is 0.720 bits per heavy atom. The van der Waals surface area contributed by atoms with Crippen molar-refractivity contribution < 1.29 is 42.9 Å². The van der Waals surface area contributed by atoms with E-state index >= 15 is 0 Å². The standard InChI is InChI=1S/C24H24N4O3.C23H22N4O2.C22H21N5O2.C21H22N6O2/c1-15-4-7-22(27-13-15)31-21-11-16-10-20(21)28(14-16)24(29)18-6-5-17(30-2)12-19(18)23-25-8-3-9-26-23;1-15-7-8-21(26-13-15)29-20-12-16-11-19(20)27(14-16)23(28)18-6-3-2-5-17(18)22-24-9-4-10-25-22;1-14-5-6-19(26-12-14)29-18-11-15-10-17(18)27(13-15)22(28)20-16(4-2-7-23-20)21-24-8-3-9-25-21;1-13-3-4-19(22-10-13)29-18-9-15-8-16(18)26(12-15)21(28)20-17(7-14(2)11-23-20)27-6-5-24-25-27/h3-9,12-13,16,20-21H,10-11,14H2,1-2H3;2-10,13,16,19-20H,11-12,14H2,1H3;2-9,12,15,17-18H,10-11,13H2,1H3;3-7,10-11,15-16,18H,8-9,12H2,1-2H3. The summed E-state index contributed by atoms with van der Waals surface area (Å²) in [5.74, 6) is 6.30. The van der Waals surface area contributed by atoms with Crippen LogP contribution in [0.3, 0.4) is 0 Å². The summed E-state index contributed by atoms with van der Waals surface area (Å²) in [6.45, 7) is 12.9. The molecule has 10 aromatic heterocycles. The monoisotopic (exact) mass is 1580 g/mol. The van der Waals surface area contributed by atoms with Crippen LogP contribution in [0.2, 0.25) is 0 Å². The lowest BCUT2D eigenvalue weighted by Crippen LogP contribution is -2.47. The molecule has 0 N–H and O–H groups in total. The third kappa shape index (κ3) is 16.7. The number of pyridine rings is 6. The van der Waals surface area contributed by atoms with Gasteiger partial charge in [0.2, 0.25) is 23.5 Å². The van der Waals surface area contributed by atoms with Gasteiger partial charge in [0.1, 0.15) is 35.9 Å². The maximum absolute atomic E-state index is 13.6. The van der Waals surface area contributed by atoms with E-state index < -0.39 is 0 Å². The molecule has 14 heterocycles. The van der Waals surface area contributed by atoms with E-state index in [9.17, 15) is 19.2 Å². The lowest BCUT2D eigenvalue weighted by molar-refractivity contribution is 0.0459. The highest BCUT2D eigenvalue weighted by Crippen LogP contribution is 2.46. The highest BCUT2D eigenvalue weighted by molar-refractivity contribution is 6.02. The molecule has 20 rings (SSSR count). The van der Waals surface area contributed by atoms with Gasteiger partial charge in [0, 0.05) is 136 Å². The number of ether oxygens (including phenoxy) is 5. The molecule has 28 nitrogen and oxygen atoms in total. The number of nitrogens with zero attached hydrogens (tertiary/aromatic N) is 19. The predicted octanol–water partition coefficient (Wildman–Crippen LogP) is 12.3. The molecule has 28 heteroatoms.